The zero-order valence-corrected chi connectivity index (χ0v) is 17.7. The monoisotopic (exact) mass is 423 g/mol. The number of hydrogen-bond donors (Lipinski definition) is 1. The Labute approximate surface area is 179 Å². The van der Waals surface area contributed by atoms with Crippen molar-refractivity contribution in [3.63, 3.8) is 0 Å². The van der Waals surface area contributed by atoms with Crippen LogP contribution in [0.5, 0.6) is 11.5 Å². The van der Waals surface area contributed by atoms with Crippen LogP contribution in [0.25, 0.3) is 5.69 Å². The number of benzene rings is 2. The number of rotatable bonds is 8. The number of nitrogens with zero attached hydrogens (tertiary/aromatic N) is 2. The zero-order valence-electron chi connectivity index (χ0n) is 17.7. The molecule has 8 nitrogen and oxygen atoms in total. The minimum absolute atomic E-state index is 0.251. The van der Waals surface area contributed by atoms with E-state index < -0.39 is 11.1 Å². The molecule has 1 heterocycles. The fourth-order valence-electron chi connectivity index (χ4n) is 3.12. The van der Waals surface area contributed by atoms with Gasteiger partial charge in [0.25, 0.3) is 0 Å². The minimum Gasteiger partial charge on any atom is -0.497 e. The molecule has 3 aromatic rings. The minimum atomic E-state index is -0.774. The summed E-state index contributed by atoms with van der Waals surface area (Å²) in [5, 5.41) is 2.83. The average Bonchev–Trinajstić information content (AvgIpc) is 2.78. The van der Waals surface area contributed by atoms with E-state index in [0.29, 0.717) is 18.0 Å². The quantitative estimate of drug-likeness (QED) is 0.562. The fourth-order valence-corrected chi connectivity index (χ4v) is 3.12. The van der Waals surface area contributed by atoms with Crippen LogP contribution in [-0.4, -0.2) is 28.8 Å². The smallest absolute Gasteiger partial charge is 0.320 e. The average molecular weight is 423 g/mol. The number of nitrogens with one attached hydrogen (secondary N) is 1. The van der Waals surface area contributed by atoms with E-state index in [1.165, 1.54) is 17.0 Å². The third-order valence-corrected chi connectivity index (χ3v) is 4.79. The van der Waals surface area contributed by atoms with Crippen LogP contribution in [0.3, 0.4) is 0 Å². The summed E-state index contributed by atoms with van der Waals surface area (Å²) >= 11 is 0. The maximum atomic E-state index is 12.5. The van der Waals surface area contributed by atoms with Crippen LogP contribution in [0, 0.1) is 0 Å². The van der Waals surface area contributed by atoms with Gasteiger partial charge in [-0.25, -0.2) is 0 Å². The highest BCUT2D eigenvalue weighted by Crippen LogP contribution is 2.17. The van der Waals surface area contributed by atoms with E-state index >= 15 is 0 Å². The number of aromatic nitrogens is 2. The number of carbonyl (C=O) groups excluding carboxylic acids is 1. The van der Waals surface area contributed by atoms with Crippen molar-refractivity contribution in [3.8, 4) is 17.2 Å². The molecule has 1 aromatic heterocycles. The van der Waals surface area contributed by atoms with Gasteiger partial charge in [-0.05, 0) is 55.8 Å². The second-order valence-electron chi connectivity index (χ2n) is 6.90. The first-order valence-electron chi connectivity index (χ1n) is 9.91. The maximum Gasteiger partial charge on any atom is 0.320 e. The maximum absolute atomic E-state index is 12.5. The Balaban J connectivity index is 1.71. The molecule has 162 valence electrons. The van der Waals surface area contributed by atoms with Gasteiger partial charge in [0.05, 0.1) is 19.8 Å². The molecule has 0 aliphatic carbocycles. The van der Waals surface area contributed by atoms with Gasteiger partial charge in [-0.3, -0.25) is 23.5 Å². The Morgan fingerprint density at radius 1 is 0.968 bits per heavy atom. The lowest BCUT2D eigenvalue weighted by molar-refractivity contribution is -0.122. The van der Waals surface area contributed by atoms with E-state index in [-0.39, 0.29) is 18.5 Å². The summed E-state index contributed by atoms with van der Waals surface area (Å²) in [7, 11) is 1.59. The molecular formula is C23H25N3O5. The lowest BCUT2D eigenvalue weighted by Gasteiger charge is -2.15. The van der Waals surface area contributed by atoms with Crippen molar-refractivity contribution >= 4 is 5.91 Å². The van der Waals surface area contributed by atoms with E-state index in [0.717, 1.165) is 15.9 Å². The number of amides is 1. The first-order valence-corrected chi connectivity index (χ1v) is 9.91. The second kappa shape index (κ2) is 9.80. The molecule has 0 saturated heterocycles. The summed E-state index contributed by atoms with van der Waals surface area (Å²) in [6.45, 7) is 4.01. The van der Waals surface area contributed by atoms with Crippen LogP contribution in [-0.2, 0) is 11.3 Å². The molecule has 0 fully saturated rings. The second-order valence-corrected chi connectivity index (χ2v) is 6.90. The molecule has 0 saturated carbocycles. The molecule has 1 amide bonds. The number of ether oxygens (including phenoxy) is 2. The van der Waals surface area contributed by atoms with E-state index in [1.54, 1.807) is 31.4 Å². The number of carbonyl (C=O) groups is 1. The highest BCUT2D eigenvalue weighted by Gasteiger charge is 2.13. The summed E-state index contributed by atoms with van der Waals surface area (Å²) in [4.78, 5) is 37.5. The normalized spacial score (nSPS) is 11.6. The standard InChI is InChI=1S/C23H25N3O5/c1-4-31-20-11-7-18(8-12-20)26-14-13-25(22(28)23(26)29)15-21(27)24-16(2)17-5-9-19(30-3)10-6-17/h5-14,16H,4,15H2,1-3H3,(H,24,27)/t16-/m1/s1. The van der Waals surface area contributed by atoms with Gasteiger partial charge in [-0.1, -0.05) is 12.1 Å². The molecule has 0 unspecified atom stereocenters. The fraction of sp³-hybridized carbons (Fsp3) is 0.261. The summed E-state index contributed by atoms with van der Waals surface area (Å²) in [5.74, 6) is 1.03. The summed E-state index contributed by atoms with van der Waals surface area (Å²) < 4.78 is 12.9. The van der Waals surface area contributed by atoms with Crippen molar-refractivity contribution < 1.29 is 14.3 Å². The van der Waals surface area contributed by atoms with Crippen LogP contribution in [0.2, 0.25) is 0 Å². The van der Waals surface area contributed by atoms with Gasteiger partial charge in [-0.2, -0.15) is 0 Å². The summed E-state index contributed by atoms with van der Waals surface area (Å²) in [6.07, 6.45) is 2.90. The topological polar surface area (TPSA) is 91.6 Å². The van der Waals surface area contributed by atoms with E-state index in [9.17, 15) is 14.4 Å². The molecule has 1 atom stereocenters. The van der Waals surface area contributed by atoms with Crippen LogP contribution in [0.4, 0.5) is 0 Å². The van der Waals surface area contributed by atoms with Gasteiger partial charge in [0, 0.05) is 18.1 Å². The van der Waals surface area contributed by atoms with Gasteiger partial charge in [0.1, 0.15) is 18.0 Å². The molecule has 2 aromatic carbocycles. The van der Waals surface area contributed by atoms with Crippen LogP contribution in [0.15, 0.2) is 70.5 Å². The number of methoxy groups -OCH3 is 1. The Morgan fingerprint density at radius 3 is 2.23 bits per heavy atom. The first kappa shape index (κ1) is 21.9. The molecule has 3 rings (SSSR count). The molecule has 0 aliphatic heterocycles. The van der Waals surface area contributed by atoms with Crippen molar-refractivity contribution in [2.75, 3.05) is 13.7 Å². The van der Waals surface area contributed by atoms with E-state index in [1.807, 2.05) is 38.1 Å². The predicted octanol–water partition coefficient (Wildman–Crippen LogP) is 2.28. The molecule has 0 radical (unpaired) electrons. The van der Waals surface area contributed by atoms with Gasteiger partial charge in [0.2, 0.25) is 5.91 Å². The zero-order chi connectivity index (χ0) is 22.4. The molecule has 0 bridgehead atoms. The van der Waals surface area contributed by atoms with E-state index in [2.05, 4.69) is 5.32 Å². The van der Waals surface area contributed by atoms with Gasteiger partial charge in [0.15, 0.2) is 0 Å². The van der Waals surface area contributed by atoms with Crippen molar-refractivity contribution in [2.45, 2.75) is 26.4 Å². The van der Waals surface area contributed by atoms with Crippen molar-refractivity contribution in [1.82, 2.24) is 14.5 Å². The first-order chi connectivity index (χ1) is 14.9. The molecular weight excluding hydrogens is 398 g/mol. The van der Waals surface area contributed by atoms with Crippen LogP contribution in [0.1, 0.15) is 25.5 Å². The Morgan fingerprint density at radius 2 is 1.61 bits per heavy atom. The van der Waals surface area contributed by atoms with Gasteiger partial charge >= 0.3 is 11.1 Å². The lowest BCUT2D eigenvalue weighted by atomic mass is 10.1. The molecule has 0 aliphatic rings. The highest BCUT2D eigenvalue weighted by atomic mass is 16.5. The van der Waals surface area contributed by atoms with E-state index in [4.69, 9.17) is 9.47 Å². The number of hydrogen-bond acceptors (Lipinski definition) is 5. The third kappa shape index (κ3) is 5.22. The SMILES string of the molecule is CCOc1ccc(-n2ccn(CC(=O)N[C@H](C)c3ccc(OC)cc3)c(=O)c2=O)cc1. The Hall–Kier alpha value is -3.81. The highest BCUT2D eigenvalue weighted by molar-refractivity contribution is 5.76. The molecule has 1 N–H and O–H groups in total. The lowest BCUT2D eigenvalue weighted by Crippen LogP contribution is -2.42. The van der Waals surface area contributed by atoms with Crippen LogP contribution < -0.4 is 25.9 Å². The predicted molar refractivity (Wildman–Crippen MR) is 117 cm³/mol. The van der Waals surface area contributed by atoms with Gasteiger partial charge in [-0.15, -0.1) is 0 Å². The Kier molecular flexibility index (Phi) is 6.92. The van der Waals surface area contributed by atoms with Crippen molar-refractivity contribution in [3.05, 3.63) is 87.2 Å². The molecule has 0 spiro atoms. The third-order valence-electron chi connectivity index (χ3n) is 4.79. The molecule has 31 heavy (non-hydrogen) atoms. The Bertz CT molecular complexity index is 1150. The van der Waals surface area contributed by atoms with Crippen molar-refractivity contribution in [1.29, 1.82) is 0 Å². The van der Waals surface area contributed by atoms with Crippen LogP contribution >= 0.6 is 0 Å². The van der Waals surface area contributed by atoms with Gasteiger partial charge < -0.3 is 14.8 Å². The largest absolute Gasteiger partial charge is 0.497 e. The summed E-state index contributed by atoms with van der Waals surface area (Å²) in [5.41, 5.74) is -0.0750. The summed E-state index contributed by atoms with van der Waals surface area (Å²) in [6, 6.07) is 13.9. The van der Waals surface area contributed by atoms with Crippen molar-refractivity contribution in [2.24, 2.45) is 0 Å². The molecule has 8 heteroatoms.